The van der Waals surface area contributed by atoms with Gasteiger partial charge in [0.2, 0.25) is 5.88 Å². The van der Waals surface area contributed by atoms with E-state index in [0.717, 1.165) is 0 Å². The predicted octanol–water partition coefficient (Wildman–Crippen LogP) is 3.83. The Morgan fingerprint density at radius 3 is 2.43 bits per heavy atom. The number of nitrogens with zero attached hydrogens (tertiary/aromatic N) is 2. The zero-order valence-corrected chi connectivity index (χ0v) is 15.9. The summed E-state index contributed by atoms with van der Waals surface area (Å²) in [7, 11) is 0. The second kappa shape index (κ2) is 8.33. The molecule has 0 aliphatic carbocycles. The van der Waals surface area contributed by atoms with Gasteiger partial charge in [0.1, 0.15) is 0 Å². The number of aromatic nitrogens is 2. The van der Waals surface area contributed by atoms with Crippen molar-refractivity contribution in [2.24, 2.45) is 0 Å². The molecule has 28 heavy (non-hydrogen) atoms. The maximum Gasteiger partial charge on any atom is 0.305 e. The Morgan fingerprint density at radius 2 is 1.79 bits per heavy atom. The van der Waals surface area contributed by atoms with E-state index in [9.17, 15) is 19.8 Å². The van der Waals surface area contributed by atoms with E-state index < -0.39 is 17.9 Å². The van der Waals surface area contributed by atoms with Gasteiger partial charge in [-0.15, -0.1) is 0 Å². The number of aromatic hydroxyl groups is 1. The van der Waals surface area contributed by atoms with Gasteiger partial charge in [0.15, 0.2) is 5.69 Å². The zero-order valence-electron chi connectivity index (χ0n) is 14.3. The van der Waals surface area contributed by atoms with Crippen LogP contribution in [0.3, 0.4) is 0 Å². The molecule has 7 nitrogen and oxygen atoms in total. The normalized spacial score (nSPS) is 11.8. The largest absolute Gasteiger partial charge is 0.493 e. The first-order valence-corrected chi connectivity index (χ1v) is 8.93. The molecule has 0 fully saturated rings. The van der Waals surface area contributed by atoms with Crippen LogP contribution in [0.25, 0.3) is 5.69 Å². The van der Waals surface area contributed by atoms with E-state index in [0.29, 0.717) is 16.3 Å². The molecule has 0 bridgehead atoms. The van der Waals surface area contributed by atoms with Gasteiger partial charge in [0.25, 0.3) is 5.91 Å². The number of nitrogens with one attached hydrogen (secondary N) is 1. The van der Waals surface area contributed by atoms with Crippen LogP contribution in [0.15, 0.2) is 54.6 Å². The highest BCUT2D eigenvalue weighted by atomic mass is 35.5. The van der Waals surface area contributed by atoms with Crippen molar-refractivity contribution in [1.82, 2.24) is 15.1 Å². The molecule has 0 saturated carbocycles. The number of carbonyl (C=O) groups is 2. The molecule has 144 valence electrons. The van der Waals surface area contributed by atoms with Crippen molar-refractivity contribution in [3.05, 3.63) is 75.9 Å². The first-order valence-electron chi connectivity index (χ1n) is 8.17. The van der Waals surface area contributed by atoms with Crippen molar-refractivity contribution < 1.29 is 19.8 Å². The molecule has 1 unspecified atom stereocenters. The standard InChI is InChI=1S/C19H15Cl2N3O4/c20-13-7-6-11(8-14(13)21)15(10-18(26)27)22-19(28)16-9-17(25)24(23-16)12-4-2-1-3-5-12/h1-9,15,25H,10H2,(H,22,28)(H,26,27). The zero-order chi connectivity index (χ0) is 20.3. The summed E-state index contributed by atoms with van der Waals surface area (Å²) in [5.74, 6) is -1.96. The van der Waals surface area contributed by atoms with E-state index in [2.05, 4.69) is 10.4 Å². The van der Waals surface area contributed by atoms with Gasteiger partial charge in [-0.25, -0.2) is 4.68 Å². The number of rotatable bonds is 6. The van der Waals surface area contributed by atoms with Crippen molar-refractivity contribution in [1.29, 1.82) is 0 Å². The fourth-order valence-corrected chi connectivity index (χ4v) is 2.94. The van der Waals surface area contributed by atoms with Crippen molar-refractivity contribution >= 4 is 35.1 Å². The lowest BCUT2D eigenvalue weighted by molar-refractivity contribution is -0.137. The van der Waals surface area contributed by atoms with Gasteiger partial charge >= 0.3 is 5.97 Å². The number of amides is 1. The highest BCUT2D eigenvalue weighted by Crippen LogP contribution is 2.27. The van der Waals surface area contributed by atoms with Crippen LogP contribution in [0, 0.1) is 0 Å². The average molecular weight is 420 g/mol. The van der Waals surface area contributed by atoms with Crippen LogP contribution >= 0.6 is 23.2 Å². The average Bonchev–Trinajstić information content (AvgIpc) is 3.05. The van der Waals surface area contributed by atoms with Crippen LogP contribution < -0.4 is 5.32 Å². The number of aliphatic carboxylic acids is 1. The van der Waals surface area contributed by atoms with Gasteiger partial charge in [0, 0.05) is 6.07 Å². The molecule has 3 aromatic rings. The quantitative estimate of drug-likeness (QED) is 0.562. The first-order chi connectivity index (χ1) is 13.3. The summed E-state index contributed by atoms with van der Waals surface area (Å²) in [5, 5.41) is 26.5. The Kier molecular flexibility index (Phi) is 5.87. The Hall–Kier alpha value is -3.03. The molecule has 1 heterocycles. The van der Waals surface area contributed by atoms with Crippen molar-refractivity contribution in [2.45, 2.75) is 12.5 Å². The maximum atomic E-state index is 12.6. The Labute approximate surface area is 170 Å². The van der Waals surface area contributed by atoms with Crippen molar-refractivity contribution in [3.8, 4) is 11.6 Å². The number of hydrogen-bond donors (Lipinski definition) is 3. The number of benzene rings is 2. The number of para-hydroxylation sites is 1. The van der Waals surface area contributed by atoms with E-state index in [1.165, 1.54) is 22.9 Å². The fraction of sp³-hybridized carbons (Fsp3) is 0.105. The van der Waals surface area contributed by atoms with E-state index >= 15 is 0 Å². The summed E-state index contributed by atoms with van der Waals surface area (Å²) in [6, 6.07) is 13.7. The van der Waals surface area contributed by atoms with Crippen LogP contribution in [-0.4, -0.2) is 31.9 Å². The monoisotopic (exact) mass is 419 g/mol. The van der Waals surface area contributed by atoms with Crippen LogP contribution in [-0.2, 0) is 4.79 Å². The second-order valence-corrected chi connectivity index (χ2v) is 6.75. The molecule has 1 atom stereocenters. The molecular weight excluding hydrogens is 405 g/mol. The molecule has 0 radical (unpaired) electrons. The Bertz CT molecular complexity index is 1020. The fourth-order valence-electron chi connectivity index (χ4n) is 2.63. The van der Waals surface area contributed by atoms with Gasteiger partial charge in [-0.05, 0) is 29.8 Å². The van der Waals surface area contributed by atoms with E-state index in [-0.39, 0.29) is 23.0 Å². The van der Waals surface area contributed by atoms with E-state index in [1.807, 2.05) is 6.07 Å². The molecule has 0 saturated heterocycles. The third-order valence-corrected chi connectivity index (χ3v) is 4.69. The summed E-state index contributed by atoms with van der Waals surface area (Å²) >= 11 is 11.9. The minimum atomic E-state index is -1.10. The third kappa shape index (κ3) is 4.44. The van der Waals surface area contributed by atoms with Crippen LogP contribution in [0.4, 0.5) is 0 Å². The molecule has 0 spiro atoms. The molecule has 3 rings (SSSR count). The summed E-state index contributed by atoms with van der Waals surface area (Å²) in [4.78, 5) is 23.8. The van der Waals surface area contributed by atoms with Crippen LogP contribution in [0.5, 0.6) is 5.88 Å². The van der Waals surface area contributed by atoms with E-state index in [1.54, 1.807) is 30.3 Å². The van der Waals surface area contributed by atoms with Crippen molar-refractivity contribution in [3.63, 3.8) is 0 Å². The second-order valence-electron chi connectivity index (χ2n) is 5.93. The molecule has 1 aromatic heterocycles. The number of hydrogen-bond acceptors (Lipinski definition) is 4. The molecule has 3 N–H and O–H groups in total. The lowest BCUT2D eigenvalue weighted by Crippen LogP contribution is -2.30. The topological polar surface area (TPSA) is 104 Å². The summed E-state index contributed by atoms with van der Waals surface area (Å²) < 4.78 is 1.21. The first kappa shape index (κ1) is 19.7. The molecule has 0 aliphatic heterocycles. The van der Waals surface area contributed by atoms with Crippen molar-refractivity contribution in [2.75, 3.05) is 0 Å². The lowest BCUT2D eigenvalue weighted by Gasteiger charge is -2.17. The van der Waals surface area contributed by atoms with E-state index in [4.69, 9.17) is 23.2 Å². The Balaban J connectivity index is 1.86. The minimum Gasteiger partial charge on any atom is -0.493 e. The molecule has 2 aromatic carbocycles. The highest BCUT2D eigenvalue weighted by molar-refractivity contribution is 6.42. The number of carboxylic acids is 1. The van der Waals surface area contributed by atoms with Gasteiger partial charge in [-0.3, -0.25) is 9.59 Å². The number of halogens is 2. The highest BCUT2D eigenvalue weighted by Gasteiger charge is 2.22. The predicted molar refractivity (Wildman–Crippen MR) is 104 cm³/mol. The summed E-state index contributed by atoms with van der Waals surface area (Å²) in [5.41, 5.74) is 0.999. The Morgan fingerprint density at radius 1 is 1.07 bits per heavy atom. The van der Waals surface area contributed by atoms with Gasteiger partial charge in [0.05, 0.1) is 28.2 Å². The molecule has 1 amide bonds. The third-order valence-electron chi connectivity index (χ3n) is 3.95. The molecular formula is C19H15Cl2N3O4. The number of carboxylic acid groups (broad SMARTS) is 1. The molecule has 9 heteroatoms. The molecule has 0 aliphatic rings. The number of carbonyl (C=O) groups excluding carboxylic acids is 1. The summed E-state index contributed by atoms with van der Waals surface area (Å²) in [6.45, 7) is 0. The van der Waals surface area contributed by atoms with Gasteiger partial charge < -0.3 is 15.5 Å². The van der Waals surface area contributed by atoms with Crippen LogP contribution in [0.1, 0.15) is 28.5 Å². The SMILES string of the molecule is O=C(O)CC(NC(=O)c1cc(O)n(-c2ccccc2)n1)c1ccc(Cl)c(Cl)c1. The smallest absolute Gasteiger partial charge is 0.305 e. The minimum absolute atomic E-state index is 0.0585. The van der Waals surface area contributed by atoms with Gasteiger partial charge in [-0.1, -0.05) is 47.5 Å². The van der Waals surface area contributed by atoms with Crippen LogP contribution in [0.2, 0.25) is 10.0 Å². The summed E-state index contributed by atoms with van der Waals surface area (Å²) in [6.07, 6.45) is -0.366. The maximum absolute atomic E-state index is 12.6. The lowest BCUT2D eigenvalue weighted by atomic mass is 10.0. The van der Waals surface area contributed by atoms with Gasteiger partial charge in [-0.2, -0.15) is 5.10 Å².